The number of fused-ring (bicyclic) bond motifs is 1. The number of carbonyl (C=O) groups excluding carboxylic acids is 1. The van der Waals surface area contributed by atoms with Gasteiger partial charge in [-0.15, -0.1) is 0 Å². The molecule has 2 nitrogen and oxygen atoms in total. The molecule has 16 heavy (non-hydrogen) atoms. The molecule has 1 aliphatic heterocycles. The van der Waals surface area contributed by atoms with E-state index in [1.165, 1.54) is 12.1 Å². The molecule has 1 aromatic carbocycles. The molecule has 0 radical (unpaired) electrons. The molecule has 0 fully saturated rings. The van der Waals surface area contributed by atoms with E-state index < -0.39 is 0 Å². The molecule has 0 saturated heterocycles. The van der Waals surface area contributed by atoms with Crippen molar-refractivity contribution in [3.8, 4) is 0 Å². The molecule has 1 heterocycles. The van der Waals surface area contributed by atoms with Crippen molar-refractivity contribution >= 4 is 11.6 Å². The van der Waals surface area contributed by atoms with Gasteiger partial charge in [0.2, 0.25) is 5.91 Å². The van der Waals surface area contributed by atoms with Crippen LogP contribution >= 0.6 is 0 Å². The van der Waals surface area contributed by atoms with Crippen LogP contribution in [0.4, 0.5) is 10.1 Å². The molecule has 0 bridgehead atoms. The van der Waals surface area contributed by atoms with Crippen LogP contribution < -0.4 is 5.32 Å². The van der Waals surface area contributed by atoms with Crippen molar-refractivity contribution in [3.63, 3.8) is 0 Å². The molecule has 1 amide bonds. The first-order valence-electron chi connectivity index (χ1n) is 5.68. The summed E-state index contributed by atoms with van der Waals surface area (Å²) in [6.07, 6.45) is 1.77. The molecule has 0 aliphatic carbocycles. The summed E-state index contributed by atoms with van der Waals surface area (Å²) in [6.45, 7) is 4.25. The fourth-order valence-electron chi connectivity index (χ4n) is 2.08. The van der Waals surface area contributed by atoms with Crippen LogP contribution in [0.5, 0.6) is 0 Å². The van der Waals surface area contributed by atoms with Crippen molar-refractivity contribution in [2.75, 3.05) is 5.32 Å². The third-order valence-electron chi connectivity index (χ3n) is 3.00. The predicted octanol–water partition coefficient (Wildman–Crippen LogP) is 3.30. The molecule has 2 rings (SSSR count). The van der Waals surface area contributed by atoms with Crippen LogP contribution in [-0.4, -0.2) is 5.91 Å². The van der Waals surface area contributed by atoms with E-state index in [1.54, 1.807) is 6.07 Å². The zero-order valence-electron chi connectivity index (χ0n) is 9.59. The second kappa shape index (κ2) is 4.24. The van der Waals surface area contributed by atoms with Gasteiger partial charge in [0.05, 0.1) is 5.92 Å². The topological polar surface area (TPSA) is 29.1 Å². The van der Waals surface area contributed by atoms with Gasteiger partial charge in [0, 0.05) is 5.69 Å². The summed E-state index contributed by atoms with van der Waals surface area (Å²) in [5.41, 5.74) is 1.57. The van der Waals surface area contributed by atoms with Crippen LogP contribution in [-0.2, 0) is 4.79 Å². The van der Waals surface area contributed by atoms with Gasteiger partial charge < -0.3 is 5.32 Å². The highest BCUT2D eigenvalue weighted by Crippen LogP contribution is 2.36. The fourth-order valence-corrected chi connectivity index (χ4v) is 2.08. The lowest BCUT2D eigenvalue weighted by Gasteiger charge is -2.10. The molecular weight excluding hydrogens is 205 g/mol. The SMILES string of the molecule is CC(C)CCC1C(=O)Nc2ccc(F)cc21. The fraction of sp³-hybridized carbons (Fsp3) is 0.462. The Morgan fingerprint density at radius 3 is 2.88 bits per heavy atom. The molecule has 0 aromatic heterocycles. The largest absolute Gasteiger partial charge is 0.325 e. The summed E-state index contributed by atoms with van der Waals surface area (Å²) >= 11 is 0. The van der Waals surface area contributed by atoms with Gasteiger partial charge in [0.1, 0.15) is 5.82 Å². The van der Waals surface area contributed by atoms with Gasteiger partial charge in [-0.3, -0.25) is 4.79 Å². The predicted molar refractivity (Wildman–Crippen MR) is 61.8 cm³/mol. The molecule has 86 valence electrons. The highest BCUT2D eigenvalue weighted by atomic mass is 19.1. The first-order valence-corrected chi connectivity index (χ1v) is 5.68. The Kier molecular flexibility index (Phi) is 2.95. The Hall–Kier alpha value is -1.38. The maximum Gasteiger partial charge on any atom is 0.232 e. The van der Waals surface area contributed by atoms with E-state index in [0.717, 1.165) is 24.1 Å². The zero-order chi connectivity index (χ0) is 11.7. The summed E-state index contributed by atoms with van der Waals surface area (Å²) < 4.78 is 13.1. The number of anilines is 1. The Bertz CT molecular complexity index is 414. The minimum Gasteiger partial charge on any atom is -0.325 e. The molecule has 1 aromatic rings. The van der Waals surface area contributed by atoms with Crippen LogP contribution in [0.3, 0.4) is 0 Å². The summed E-state index contributed by atoms with van der Waals surface area (Å²) in [6, 6.07) is 4.49. The maximum atomic E-state index is 13.1. The Morgan fingerprint density at radius 2 is 2.19 bits per heavy atom. The molecule has 3 heteroatoms. The van der Waals surface area contributed by atoms with E-state index in [1.807, 2.05) is 0 Å². The number of rotatable bonds is 3. The molecule has 0 saturated carbocycles. The van der Waals surface area contributed by atoms with Gasteiger partial charge in [-0.2, -0.15) is 0 Å². The van der Waals surface area contributed by atoms with Crippen molar-refractivity contribution in [1.82, 2.24) is 0 Å². The maximum absolute atomic E-state index is 13.1. The van der Waals surface area contributed by atoms with Crippen LogP contribution in [0, 0.1) is 11.7 Å². The van der Waals surface area contributed by atoms with Crippen molar-refractivity contribution < 1.29 is 9.18 Å². The lowest BCUT2D eigenvalue weighted by molar-refractivity contribution is -0.117. The number of carbonyl (C=O) groups is 1. The average Bonchev–Trinajstić information content (AvgIpc) is 2.51. The summed E-state index contributed by atoms with van der Waals surface area (Å²) in [4.78, 5) is 11.7. The Labute approximate surface area is 94.9 Å². The quantitative estimate of drug-likeness (QED) is 0.833. The van der Waals surface area contributed by atoms with Crippen LogP contribution in [0.2, 0.25) is 0 Å². The van der Waals surface area contributed by atoms with Crippen molar-refractivity contribution in [2.24, 2.45) is 5.92 Å². The van der Waals surface area contributed by atoms with Crippen molar-refractivity contribution in [1.29, 1.82) is 0 Å². The van der Waals surface area contributed by atoms with Gasteiger partial charge >= 0.3 is 0 Å². The van der Waals surface area contributed by atoms with E-state index in [-0.39, 0.29) is 17.6 Å². The average molecular weight is 221 g/mol. The van der Waals surface area contributed by atoms with Crippen LogP contribution in [0.1, 0.15) is 38.2 Å². The minimum absolute atomic E-state index is 0.00116. The third kappa shape index (κ3) is 2.08. The van der Waals surface area contributed by atoms with Gasteiger partial charge in [0.15, 0.2) is 0 Å². The number of nitrogens with one attached hydrogen (secondary N) is 1. The zero-order valence-corrected chi connectivity index (χ0v) is 9.59. The number of benzene rings is 1. The number of amides is 1. The van der Waals surface area contributed by atoms with Gasteiger partial charge in [-0.1, -0.05) is 13.8 Å². The number of hydrogen-bond acceptors (Lipinski definition) is 1. The third-order valence-corrected chi connectivity index (χ3v) is 3.00. The van der Waals surface area contributed by atoms with E-state index in [4.69, 9.17) is 0 Å². The van der Waals surface area contributed by atoms with Gasteiger partial charge in [-0.25, -0.2) is 4.39 Å². The monoisotopic (exact) mass is 221 g/mol. The van der Waals surface area contributed by atoms with Crippen molar-refractivity contribution in [2.45, 2.75) is 32.6 Å². The van der Waals surface area contributed by atoms with Crippen molar-refractivity contribution in [3.05, 3.63) is 29.6 Å². The highest BCUT2D eigenvalue weighted by Gasteiger charge is 2.30. The van der Waals surface area contributed by atoms with Crippen LogP contribution in [0.15, 0.2) is 18.2 Å². The summed E-state index contributed by atoms with van der Waals surface area (Å²) in [5.74, 6) is 0.115. The van der Waals surface area contributed by atoms with E-state index in [9.17, 15) is 9.18 Å². The van der Waals surface area contributed by atoms with Crippen LogP contribution in [0.25, 0.3) is 0 Å². The Balaban J connectivity index is 2.21. The molecule has 1 unspecified atom stereocenters. The normalized spacial score (nSPS) is 18.8. The lowest BCUT2D eigenvalue weighted by Crippen LogP contribution is -2.12. The number of hydrogen-bond donors (Lipinski definition) is 1. The van der Waals surface area contributed by atoms with Gasteiger partial charge in [-0.05, 0) is 42.5 Å². The number of halogens is 1. The molecule has 1 aliphatic rings. The summed E-state index contributed by atoms with van der Waals surface area (Å²) in [5, 5.41) is 2.79. The Morgan fingerprint density at radius 1 is 1.44 bits per heavy atom. The van der Waals surface area contributed by atoms with E-state index in [0.29, 0.717) is 5.92 Å². The first-order chi connectivity index (χ1) is 7.58. The minimum atomic E-state index is -0.273. The molecular formula is C13H16FNO. The standard InChI is InChI=1S/C13H16FNO/c1-8(2)3-5-10-11-7-9(14)4-6-12(11)15-13(10)16/h4,6-8,10H,3,5H2,1-2H3,(H,15,16). The van der Waals surface area contributed by atoms with Gasteiger partial charge in [0.25, 0.3) is 0 Å². The second-order valence-corrected chi connectivity index (χ2v) is 4.74. The second-order valence-electron chi connectivity index (χ2n) is 4.74. The summed E-state index contributed by atoms with van der Waals surface area (Å²) in [7, 11) is 0. The first kappa shape index (κ1) is 11.1. The van der Waals surface area contributed by atoms with E-state index >= 15 is 0 Å². The lowest BCUT2D eigenvalue weighted by atomic mass is 9.92. The molecule has 1 N–H and O–H groups in total. The molecule has 0 spiro atoms. The highest BCUT2D eigenvalue weighted by molar-refractivity contribution is 6.02. The smallest absolute Gasteiger partial charge is 0.232 e. The molecule has 1 atom stereocenters. The van der Waals surface area contributed by atoms with E-state index in [2.05, 4.69) is 19.2 Å².